The predicted octanol–water partition coefficient (Wildman–Crippen LogP) is 2.17. The Labute approximate surface area is 232 Å². The molecule has 1 aromatic heterocycles. The van der Waals surface area contributed by atoms with Gasteiger partial charge in [0.15, 0.2) is 20.9 Å². The molecule has 5 N–H and O–H groups in total. The molecule has 13 heteroatoms. The number of hydrazine groups is 1. The molecule has 11 nitrogen and oxygen atoms in total. The first-order valence-electron chi connectivity index (χ1n) is 12.8. The lowest BCUT2D eigenvalue weighted by atomic mass is 9.82. The van der Waals surface area contributed by atoms with Crippen LogP contribution in [0.2, 0.25) is 0 Å². The van der Waals surface area contributed by atoms with Crippen molar-refractivity contribution in [3.63, 3.8) is 0 Å². The van der Waals surface area contributed by atoms with Gasteiger partial charge in [-0.25, -0.2) is 24.6 Å². The SMILES string of the molecule is CCC[C@](C(=O)NN)(c1ccc(C)cc1[C@H](CNC(=O)c1cccs1)C(=O)NOC1CCCCO1)S(C)(=O)=O. The summed E-state index contributed by atoms with van der Waals surface area (Å²) < 4.78 is 30.1. The minimum absolute atomic E-state index is 0.0762. The number of ether oxygens (including phenoxy) is 1. The van der Waals surface area contributed by atoms with Crippen LogP contribution in [-0.4, -0.2) is 51.8 Å². The Balaban J connectivity index is 2.09. The molecule has 1 aliphatic heterocycles. The highest BCUT2D eigenvalue weighted by Crippen LogP contribution is 2.40. The van der Waals surface area contributed by atoms with Gasteiger partial charge in [0.1, 0.15) is 0 Å². The highest BCUT2D eigenvalue weighted by molar-refractivity contribution is 7.92. The van der Waals surface area contributed by atoms with E-state index in [1.54, 1.807) is 43.5 Å². The van der Waals surface area contributed by atoms with Crippen molar-refractivity contribution in [2.75, 3.05) is 19.4 Å². The number of hydrogen-bond donors (Lipinski definition) is 4. The third-order valence-electron chi connectivity index (χ3n) is 6.71. The Morgan fingerprint density at radius 3 is 2.62 bits per heavy atom. The fourth-order valence-corrected chi connectivity index (χ4v) is 6.96. The Hall–Kier alpha value is -2.84. The molecule has 3 atom stereocenters. The standard InChI is InChI=1S/C26H36N4O7S2/c1-4-12-26(25(33)29-27,39(3,34)35)20-11-10-17(2)15-18(20)19(16-28-24(32)21-8-7-14-38-21)23(31)30-37-22-9-5-6-13-36-22/h7-8,10-11,14-15,19,22H,4-6,9,12-13,16,27H2,1-3H3,(H,28,32)(H,29,33)(H,30,31)/t19-,22?,26+/m0/s1. The molecular formula is C26H36N4O7S2. The van der Waals surface area contributed by atoms with E-state index in [1.165, 1.54) is 17.4 Å². The lowest BCUT2D eigenvalue weighted by Gasteiger charge is -2.34. The Morgan fingerprint density at radius 1 is 1.26 bits per heavy atom. The summed E-state index contributed by atoms with van der Waals surface area (Å²) in [4.78, 5) is 45.6. The molecule has 0 aliphatic carbocycles. The van der Waals surface area contributed by atoms with Crippen LogP contribution in [0.15, 0.2) is 35.7 Å². The van der Waals surface area contributed by atoms with Crippen LogP contribution >= 0.6 is 11.3 Å². The fraction of sp³-hybridized carbons (Fsp3) is 0.500. The second-order valence-electron chi connectivity index (χ2n) is 9.53. The molecule has 39 heavy (non-hydrogen) atoms. The summed E-state index contributed by atoms with van der Waals surface area (Å²) in [7, 11) is -4.10. The highest BCUT2D eigenvalue weighted by Gasteiger charge is 2.51. The van der Waals surface area contributed by atoms with Gasteiger partial charge in [-0.15, -0.1) is 11.3 Å². The minimum Gasteiger partial charge on any atom is -0.350 e. The van der Waals surface area contributed by atoms with Gasteiger partial charge in [-0.05, 0) is 48.8 Å². The third kappa shape index (κ3) is 7.03. The Morgan fingerprint density at radius 2 is 2.03 bits per heavy atom. The van der Waals surface area contributed by atoms with Gasteiger partial charge in [0.25, 0.3) is 17.7 Å². The average Bonchev–Trinajstić information content (AvgIpc) is 3.46. The molecule has 0 bridgehead atoms. The number of nitrogens with one attached hydrogen (secondary N) is 3. The first-order valence-corrected chi connectivity index (χ1v) is 15.5. The molecule has 2 aromatic rings. The molecule has 1 aliphatic rings. The van der Waals surface area contributed by atoms with Crippen LogP contribution in [0.4, 0.5) is 0 Å². The summed E-state index contributed by atoms with van der Waals surface area (Å²) in [6, 6.07) is 8.23. The van der Waals surface area contributed by atoms with Crippen LogP contribution in [0.5, 0.6) is 0 Å². The zero-order chi connectivity index (χ0) is 28.6. The van der Waals surface area contributed by atoms with Crippen molar-refractivity contribution < 1.29 is 32.4 Å². The Bertz CT molecular complexity index is 1260. The molecule has 1 unspecified atom stereocenters. The van der Waals surface area contributed by atoms with E-state index >= 15 is 0 Å². The number of rotatable bonds is 12. The van der Waals surface area contributed by atoms with Gasteiger partial charge in [-0.2, -0.15) is 0 Å². The second-order valence-corrected chi connectivity index (χ2v) is 12.7. The largest absolute Gasteiger partial charge is 0.350 e. The van der Waals surface area contributed by atoms with Crippen molar-refractivity contribution in [1.29, 1.82) is 0 Å². The summed E-state index contributed by atoms with van der Waals surface area (Å²) in [5.41, 5.74) is 5.54. The summed E-state index contributed by atoms with van der Waals surface area (Å²) in [6.45, 7) is 3.85. The topological polar surface area (TPSA) is 166 Å². The van der Waals surface area contributed by atoms with Crippen molar-refractivity contribution in [3.8, 4) is 0 Å². The van der Waals surface area contributed by atoms with E-state index in [0.717, 1.165) is 24.7 Å². The number of carbonyl (C=O) groups is 3. The summed E-state index contributed by atoms with van der Waals surface area (Å²) >= 11 is 1.24. The van der Waals surface area contributed by atoms with Crippen LogP contribution in [-0.2, 0) is 33.7 Å². The van der Waals surface area contributed by atoms with Gasteiger partial charge in [0.2, 0.25) is 0 Å². The smallest absolute Gasteiger partial charge is 0.261 e. The van der Waals surface area contributed by atoms with Crippen LogP contribution in [0.3, 0.4) is 0 Å². The Kier molecular flexibility index (Phi) is 10.6. The van der Waals surface area contributed by atoms with Gasteiger partial charge >= 0.3 is 0 Å². The van der Waals surface area contributed by atoms with Gasteiger partial charge in [-0.3, -0.25) is 19.8 Å². The highest BCUT2D eigenvalue weighted by atomic mass is 32.2. The predicted molar refractivity (Wildman–Crippen MR) is 147 cm³/mol. The number of aryl methyl sites for hydroxylation is 1. The minimum atomic E-state index is -4.10. The van der Waals surface area contributed by atoms with Crippen molar-refractivity contribution in [1.82, 2.24) is 16.2 Å². The zero-order valence-electron chi connectivity index (χ0n) is 22.3. The van der Waals surface area contributed by atoms with E-state index in [-0.39, 0.29) is 24.1 Å². The quantitative estimate of drug-likeness (QED) is 0.168. The molecule has 2 heterocycles. The first kappa shape index (κ1) is 30.7. The number of nitrogens with two attached hydrogens (primary N) is 1. The lowest BCUT2D eigenvalue weighted by molar-refractivity contribution is -0.201. The van der Waals surface area contributed by atoms with E-state index in [9.17, 15) is 22.8 Å². The molecule has 0 spiro atoms. The second kappa shape index (κ2) is 13.5. The molecule has 0 radical (unpaired) electrons. The van der Waals surface area contributed by atoms with Crippen molar-refractivity contribution >= 4 is 38.9 Å². The lowest BCUT2D eigenvalue weighted by Crippen LogP contribution is -2.53. The van der Waals surface area contributed by atoms with Gasteiger partial charge in [0, 0.05) is 25.8 Å². The molecule has 0 saturated carbocycles. The van der Waals surface area contributed by atoms with Crippen LogP contribution in [0.1, 0.15) is 71.3 Å². The van der Waals surface area contributed by atoms with E-state index in [2.05, 4.69) is 10.8 Å². The van der Waals surface area contributed by atoms with Crippen LogP contribution < -0.4 is 22.1 Å². The molecule has 1 fully saturated rings. The maximum absolute atomic E-state index is 13.6. The summed E-state index contributed by atoms with van der Waals surface area (Å²) in [5.74, 6) is 2.44. The van der Waals surface area contributed by atoms with E-state index < -0.39 is 44.5 Å². The molecular weight excluding hydrogens is 544 g/mol. The molecule has 214 valence electrons. The first-order chi connectivity index (χ1) is 18.5. The van der Waals surface area contributed by atoms with E-state index in [0.29, 0.717) is 24.3 Å². The number of amides is 3. The maximum atomic E-state index is 13.6. The van der Waals surface area contributed by atoms with Gasteiger partial charge < -0.3 is 10.1 Å². The normalized spacial score (nSPS) is 18.0. The number of thiophene rings is 1. The number of hydrogen-bond acceptors (Lipinski definition) is 9. The summed E-state index contributed by atoms with van der Waals surface area (Å²) in [5, 5.41) is 4.52. The van der Waals surface area contributed by atoms with Gasteiger partial charge in [0.05, 0.1) is 10.8 Å². The molecule has 1 saturated heterocycles. The number of hydroxylamine groups is 1. The van der Waals surface area contributed by atoms with Gasteiger partial charge in [-0.1, -0.05) is 43.2 Å². The number of benzene rings is 1. The van der Waals surface area contributed by atoms with Crippen molar-refractivity contribution in [2.45, 2.75) is 62.9 Å². The average molecular weight is 581 g/mol. The monoisotopic (exact) mass is 580 g/mol. The van der Waals surface area contributed by atoms with E-state index in [1.807, 2.05) is 5.43 Å². The van der Waals surface area contributed by atoms with Crippen molar-refractivity contribution in [2.24, 2.45) is 5.84 Å². The van der Waals surface area contributed by atoms with Crippen molar-refractivity contribution in [3.05, 3.63) is 57.3 Å². The zero-order valence-corrected chi connectivity index (χ0v) is 24.0. The fourth-order valence-electron chi connectivity index (χ4n) is 4.76. The number of carbonyl (C=O) groups excluding carboxylic acids is 3. The number of sulfone groups is 1. The summed E-state index contributed by atoms with van der Waals surface area (Å²) in [6.07, 6.45) is 2.98. The third-order valence-corrected chi connectivity index (χ3v) is 9.45. The molecule has 3 amide bonds. The van der Waals surface area contributed by atoms with E-state index in [4.69, 9.17) is 15.4 Å². The molecule has 1 aromatic carbocycles. The molecule has 3 rings (SSSR count). The van der Waals surface area contributed by atoms with Crippen LogP contribution in [0.25, 0.3) is 0 Å². The maximum Gasteiger partial charge on any atom is 0.261 e. The van der Waals surface area contributed by atoms with Crippen LogP contribution in [0, 0.1) is 6.92 Å².